The standard InChI is InChI=1S/C21H15BrFN3.C2H6/c22-19-13-24-21(16-6-8-17(23)9-7-16)12-18(19)20-10-11-26(25-20)14-15-4-2-1-3-5-15;1-2/h1-13H,14H2;1-2H3. The van der Waals surface area contributed by atoms with Gasteiger partial charge in [-0.3, -0.25) is 9.67 Å². The van der Waals surface area contributed by atoms with Crippen molar-refractivity contribution in [1.29, 1.82) is 0 Å². The quantitative estimate of drug-likeness (QED) is 0.360. The average Bonchev–Trinajstić information content (AvgIpc) is 3.19. The van der Waals surface area contributed by atoms with Crippen LogP contribution in [0.15, 0.2) is 83.6 Å². The maximum atomic E-state index is 13.2. The van der Waals surface area contributed by atoms with E-state index in [1.54, 1.807) is 18.3 Å². The first-order valence-corrected chi connectivity index (χ1v) is 9.97. The Labute approximate surface area is 173 Å². The monoisotopic (exact) mass is 437 g/mol. The summed E-state index contributed by atoms with van der Waals surface area (Å²) in [5.74, 6) is -0.259. The van der Waals surface area contributed by atoms with Crippen LogP contribution in [0.4, 0.5) is 4.39 Å². The zero-order chi connectivity index (χ0) is 19.9. The molecule has 0 spiro atoms. The Balaban J connectivity index is 0.00000109. The molecule has 0 aliphatic rings. The summed E-state index contributed by atoms with van der Waals surface area (Å²) in [5, 5.41) is 4.68. The highest BCUT2D eigenvalue weighted by atomic mass is 79.9. The molecule has 0 N–H and O–H groups in total. The van der Waals surface area contributed by atoms with E-state index in [0.29, 0.717) is 6.54 Å². The number of nitrogens with zero attached hydrogens (tertiary/aromatic N) is 3. The number of hydrogen-bond donors (Lipinski definition) is 0. The molecule has 0 amide bonds. The number of halogens is 2. The summed E-state index contributed by atoms with van der Waals surface area (Å²) < 4.78 is 15.9. The molecule has 28 heavy (non-hydrogen) atoms. The van der Waals surface area contributed by atoms with Crippen LogP contribution in [0.25, 0.3) is 22.5 Å². The maximum absolute atomic E-state index is 13.2. The highest BCUT2D eigenvalue weighted by molar-refractivity contribution is 9.10. The second-order valence-electron chi connectivity index (χ2n) is 5.94. The molecule has 2 aromatic heterocycles. The van der Waals surface area contributed by atoms with Gasteiger partial charge in [0.2, 0.25) is 0 Å². The molecule has 4 aromatic rings. The molecule has 2 heterocycles. The third-order valence-corrected chi connectivity index (χ3v) is 4.73. The van der Waals surface area contributed by atoms with E-state index >= 15 is 0 Å². The Morgan fingerprint density at radius 3 is 2.36 bits per heavy atom. The van der Waals surface area contributed by atoms with Crippen LogP contribution < -0.4 is 0 Å². The predicted molar refractivity (Wildman–Crippen MR) is 115 cm³/mol. The van der Waals surface area contributed by atoms with Gasteiger partial charge in [-0.1, -0.05) is 44.2 Å². The first kappa shape index (κ1) is 20.0. The topological polar surface area (TPSA) is 30.7 Å². The third kappa shape index (κ3) is 4.73. The highest BCUT2D eigenvalue weighted by Crippen LogP contribution is 2.30. The van der Waals surface area contributed by atoms with Crippen molar-refractivity contribution in [2.75, 3.05) is 0 Å². The van der Waals surface area contributed by atoms with E-state index < -0.39 is 0 Å². The first-order valence-electron chi connectivity index (χ1n) is 9.18. The van der Waals surface area contributed by atoms with Crippen LogP contribution in [0.3, 0.4) is 0 Å². The van der Waals surface area contributed by atoms with Gasteiger partial charge in [-0.15, -0.1) is 0 Å². The number of aromatic nitrogens is 3. The fourth-order valence-corrected chi connectivity index (χ4v) is 3.20. The molecule has 4 rings (SSSR count). The summed E-state index contributed by atoms with van der Waals surface area (Å²) in [4.78, 5) is 4.43. The summed E-state index contributed by atoms with van der Waals surface area (Å²) >= 11 is 3.56. The second kappa shape index (κ2) is 9.42. The third-order valence-electron chi connectivity index (χ3n) is 4.10. The Bertz CT molecular complexity index is 1030. The van der Waals surface area contributed by atoms with Gasteiger partial charge in [-0.05, 0) is 57.9 Å². The van der Waals surface area contributed by atoms with E-state index in [1.807, 2.05) is 55.1 Å². The molecule has 0 bridgehead atoms. The fraction of sp³-hybridized carbons (Fsp3) is 0.130. The summed E-state index contributed by atoms with van der Waals surface area (Å²) in [6.07, 6.45) is 3.72. The highest BCUT2D eigenvalue weighted by Gasteiger charge is 2.10. The van der Waals surface area contributed by atoms with Gasteiger partial charge < -0.3 is 0 Å². The molecule has 2 aromatic carbocycles. The van der Waals surface area contributed by atoms with Crippen LogP contribution in [-0.4, -0.2) is 14.8 Å². The van der Waals surface area contributed by atoms with Crippen molar-refractivity contribution in [2.45, 2.75) is 20.4 Å². The van der Waals surface area contributed by atoms with E-state index in [9.17, 15) is 4.39 Å². The molecule has 0 saturated heterocycles. The van der Waals surface area contributed by atoms with Gasteiger partial charge in [-0.25, -0.2) is 4.39 Å². The Hall–Kier alpha value is -2.79. The molecule has 0 radical (unpaired) electrons. The Morgan fingerprint density at radius 1 is 0.929 bits per heavy atom. The van der Waals surface area contributed by atoms with Crippen LogP contribution in [0, 0.1) is 5.82 Å². The molecule has 0 saturated carbocycles. The van der Waals surface area contributed by atoms with Gasteiger partial charge in [0.05, 0.1) is 17.9 Å². The van der Waals surface area contributed by atoms with Crippen molar-refractivity contribution < 1.29 is 4.39 Å². The van der Waals surface area contributed by atoms with Gasteiger partial charge in [0.15, 0.2) is 0 Å². The van der Waals surface area contributed by atoms with E-state index in [4.69, 9.17) is 0 Å². The van der Waals surface area contributed by atoms with Gasteiger partial charge in [0, 0.05) is 28.0 Å². The number of benzene rings is 2. The van der Waals surface area contributed by atoms with Crippen LogP contribution in [-0.2, 0) is 6.54 Å². The SMILES string of the molecule is CC.Fc1ccc(-c2cc(-c3ccn(Cc4ccccc4)n3)c(Br)cn2)cc1. The smallest absolute Gasteiger partial charge is 0.123 e. The van der Waals surface area contributed by atoms with E-state index in [1.165, 1.54) is 17.7 Å². The lowest BCUT2D eigenvalue weighted by Gasteiger charge is -2.06. The molecule has 3 nitrogen and oxygen atoms in total. The molecule has 0 atom stereocenters. The van der Waals surface area contributed by atoms with Crippen molar-refractivity contribution in [3.05, 3.63) is 95.0 Å². The predicted octanol–water partition coefficient (Wildman–Crippen LogP) is 6.59. The molecule has 0 aliphatic carbocycles. The zero-order valence-electron chi connectivity index (χ0n) is 15.8. The van der Waals surface area contributed by atoms with Crippen LogP contribution >= 0.6 is 15.9 Å². The maximum Gasteiger partial charge on any atom is 0.123 e. The van der Waals surface area contributed by atoms with E-state index in [0.717, 1.165) is 27.0 Å². The average molecular weight is 438 g/mol. The zero-order valence-corrected chi connectivity index (χ0v) is 17.4. The van der Waals surface area contributed by atoms with Crippen molar-refractivity contribution in [2.24, 2.45) is 0 Å². The molecule has 0 aliphatic heterocycles. The Kier molecular flexibility index (Phi) is 6.71. The fourth-order valence-electron chi connectivity index (χ4n) is 2.78. The lowest BCUT2D eigenvalue weighted by Crippen LogP contribution is -2.00. The van der Waals surface area contributed by atoms with E-state index in [-0.39, 0.29) is 5.82 Å². The van der Waals surface area contributed by atoms with Crippen molar-refractivity contribution in [1.82, 2.24) is 14.8 Å². The van der Waals surface area contributed by atoms with Gasteiger partial charge in [0.1, 0.15) is 5.82 Å². The summed E-state index contributed by atoms with van der Waals surface area (Å²) in [6, 6.07) is 20.5. The molecule has 0 unspecified atom stereocenters. The first-order chi connectivity index (χ1) is 13.7. The number of hydrogen-bond acceptors (Lipinski definition) is 2. The molecule has 0 fully saturated rings. The molecular formula is C23H21BrFN3. The van der Waals surface area contributed by atoms with Gasteiger partial charge in [0.25, 0.3) is 0 Å². The van der Waals surface area contributed by atoms with Gasteiger partial charge >= 0.3 is 0 Å². The van der Waals surface area contributed by atoms with E-state index in [2.05, 4.69) is 38.1 Å². The number of pyridine rings is 1. The minimum atomic E-state index is -0.259. The van der Waals surface area contributed by atoms with Crippen LogP contribution in [0.2, 0.25) is 0 Å². The van der Waals surface area contributed by atoms with Crippen LogP contribution in [0.1, 0.15) is 19.4 Å². The summed E-state index contributed by atoms with van der Waals surface area (Å²) in [5.41, 5.74) is 4.65. The molecule has 5 heteroatoms. The van der Waals surface area contributed by atoms with Crippen molar-refractivity contribution in [3.8, 4) is 22.5 Å². The number of rotatable bonds is 4. The van der Waals surface area contributed by atoms with Crippen molar-refractivity contribution in [3.63, 3.8) is 0 Å². The second-order valence-corrected chi connectivity index (χ2v) is 6.79. The molecular weight excluding hydrogens is 417 g/mol. The van der Waals surface area contributed by atoms with Crippen molar-refractivity contribution >= 4 is 15.9 Å². The largest absolute Gasteiger partial charge is 0.268 e. The minimum absolute atomic E-state index is 0.259. The lowest BCUT2D eigenvalue weighted by molar-refractivity contribution is 0.628. The summed E-state index contributed by atoms with van der Waals surface area (Å²) in [6.45, 7) is 4.72. The van der Waals surface area contributed by atoms with Crippen LogP contribution in [0.5, 0.6) is 0 Å². The normalized spacial score (nSPS) is 10.3. The minimum Gasteiger partial charge on any atom is -0.268 e. The Morgan fingerprint density at radius 2 is 1.64 bits per heavy atom. The summed E-state index contributed by atoms with van der Waals surface area (Å²) in [7, 11) is 0. The lowest BCUT2D eigenvalue weighted by atomic mass is 10.1. The van der Waals surface area contributed by atoms with Gasteiger partial charge in [-0.2, -0.15) is 5.10 Å². The molecule has 142 valence electrons.